The first-order valence-electron chi connectivity index (χ1n) is 9.84. The summed E-state index contributed by atoms with van der Waals surface area (Å²) in [6.45, 7) is 11.7. The molecule has 0 fully saturated rings. The molecule has 0 aliphatic heterocycles. The lowest BCUT2D eigenvalue weighted by Gasteiger charge is -2.28. The highest BCUT2D eigenvalue weighted by Gasteiger charge is 2.26. The SMILES string of the molecule is CC(C)(C)c1cc(C=C(C(=O)CO[PH](=O)O)c2ccccc2)cc(C(C)(C)C)c1O. The normalized spacial score (nSPS) is 13.9. The van der Waals surface area contributed by atoms with Crippen LogP contribution in [0.4, 0.5) is 0 Å². The highest BCUT2D eigenvalue weighted by molar-refractivity contribution is 7.32. The number of rotatable bonds is 6. The van der Waals surface area contributed by atoms with Crippen LogP contribution in [0.5, 0.6) is 5.75 Å². The van der Waals surface area contributed by atoms with Crippen LogP contribution in [0.1, 0.15) is 63.8 Å². The maximum absolute atomic E-state index is 12.8. The fraction of sp³-hybridized carbons (Fsp3) is 0.375. The Morgan fingerprint density at radius 1 is 1.00 bits per heavy atom. The Labute approximate surface area is 179 Å². The molecule has 30 heavy (non-hydrogen) atoms. The van der Waals surface area contributed by atoms with E-state index in [0.29, 0.717) is 11.1 Å². The molecule has 162 valence electrons. The molecule has 2 rings (SSSR count). The lowest BCUT2D eigenvalue weighted by Crippen LogP contribution is -2.17. The number of phenols is 1. The summed E-state index contributed by atoms with van der Waals surface area (Å²) in [7, 11) is -3.20. The van der Waals surface area contributed by atoms with Crippen LogP contribution in [-0.2, 0) is 24.7 Å². The molecule has 0 heterocycles. The Morgan fingerprint density at radius 3 is 1.93 bits per heavy atom. The monoisotopic (exact) mass is 430 g/mol. The summed E-state index contributed by atoms with van der Waals surface area (Å²) in [6, 6.07) is 12.9. The van der Waals surface area contributed by atoms with Crippen LogP contribution in [0.3, 0.4) is 0 Å². The van der Waals surface area contributed by atoms with Crippen molar-refractivity contribution in [2.45, 2.75) is 52.4 Å². The first kappa shape index (κ1) is 24.1. The van der Waals surface area contributed by atoms with Crippen molar-refractivity contribution >= 4 is 25.7 Å². The fourth-order valence-electron chi connectivity index (χ4n) is 3.20. The molecular weight excluding hydrogens is 399 g/mol. The van der Waals surface area contributed by atoms with Crippen molar-refractivity contribution in [3.8, 4) is 5.75 Å². The van der Waals surface area contributed by atoms with Crippen molar-refractivity contribution in [1.29, 1.82) is 0 Å². The molecule has 0 spiro atoms. The number of benzene rings is 2. The molecular formula is C24H31O5P. The Bertz CT molecular complexity index is 928. The van der Waals surface area contributed by atoms with Crippen LogP contribution in [0.2, 0.25) is 0 Å². The number of carbonyl (C=O) groups excluding carboxylic acids is 1. The number of phenolic OH excluding ortho intramolecular Hbond substituents is 1. The Balaban J connectivity index is 2.70. The Morgan fingerprint density at radius 2 is 1.50 bits per heavy atom. The van der Waals surface area contributed by atoms with Gasteiger partial charge >= 0.3 is 8.25 Å². The summed E-state index contributed by atoms with van der Waals surface area (Å²) in [6.07, 6.45) is 1.75. The predicted molar refractivity (Wildman–Crippen MR) is 122 cm³/mol. The van der Waals surface area contributed by atoms with E-state index >= 15 is 0 Å². The lowest BCUT2D eigenvalue weighted by molar-refractivity contribution is -0.115. The van der Waals surface area contributed by atoms with Crippen molar-refractivity contribution in [3.63, 3.8) is 0 Å². The second-order valence-corrected chi connectivity index (χ2v) is 10.2. The number of hydrogen-bond donors (Lipinski definition) is 2. The second-order valence-electron chi connectivity index (χ2n) is 9.37. The molecule has 1 atom stereocenters. The van der Waals surface area contributed by atoms with Crippen LogP contribution < -0.4 is 0 Å². The average Bonchev–Trinajstić information content (AvgIpc) is 2.64. The van der Waals surface area contributed by atoms with E-state index in [2.05, 4.69) is 0 Å². The van der Waals surface area contributed by atoms with Gasteiger partial charge in [-0.3, -0.25) is 9.36 Å². The third-order valence-corrected chi connectivity index (χ3v) is 5.16. The topological polar surface area (TPSA) is 83.8 Å². The minimum atomic E-state index is -3.20. The van der Waals surface area contributed by atoms with Gasteiger partial charge in [0.2, 0.25) is 0 Å². The highest BCUT2D eigenvalue weighted by atomic mass is 31.1. The van der Waals surface area contributed by atoms with Crippen molar-refractivity contribution < 1.29 is 23.9 Å². The van der Waals surface area contributed by atoms with Crippen molar-refractivity contribution in [2.24, 2.45) is 0 Å². The van der Waals surface area contributed by atoms with Gasteiger partial charge in [0.25, 0.3) is 0 Å². The zero-order valence-electron chi connectivity index (χ0n) is 18.4. The molecule has 2 N–H and O–H groups in total. The molecule has 0 amide bonds. The molecule has 0 radical (unpaired) electrons. The quantitative estimate of drug-likeness (QED) is 0.359. The van der Waals surface area contributed by atoms with Gasteiger partial charge in [-0.1, -0.05) is 71.9 Å². The van der Waals surface area contributed by atoms with Crippen LogP contribution in [-0.4, -0.2) is 22.4 Å². The maximum Gasteiger partial charge on any atom is 0.317 e. The number of hydrogen-bond acceptors (Lipinski definition) is 4. The van der Waals surface area contributed by atoms with Crippen LogP contribution in [0.25, 0.3) is 11.6 Å². The van der Waals surface area contributed by atoms with Crippen LogP contribution in [0.15, 0.2) is 42.5 Å². The van der Waals surface area contributed by atoms with Gasteiger partial charge in [0.1, 0.15) is 12.4 Å². The molecule has 0 aliphatic carbocycles. The largest absolute Gasteiger partial charge is 0.507 e. The van der Waals surface area contributed by atoms with E-state index < -0.39 is 20.6 Å². The molecule has 0 saturated heterocycles. The summed E-state index contributed by atoms with van der Waals surface area (Å²) in [4.78, 5) is 21.8. The van der Waals surface area contributed by atoms with Gasteiger partial charge in [0.15, 0.2) is 5.78 Å². The zero-order valence-corrected chi connectivity index (χ0v) is 19.4. The average molecular weight is 430 g/mol. The first-order chi connectivity index (χ1) is 13.8. The summed E-state index contributed by atoms with van der Waals surface area (Å²) in [5.74, 6) is -0.127. The van der Waals surface area contributed by atoms with Gasteiger partial charge in [-0.05, 0) is 40.2 Å². The smallest absolute Gasteiger partial charge is 0.317 e. The van der Waals surface area contributed by atoms with Gasteiger partial charge < -0.3 is 14.5 Å². The van der Waals surface area contributed by atoms with Gasteiger partial charge in [-0.25, -0.2) is 0 Å². The van der Waals surface area contributed by atoms with E-state index in [4.69, 9.17) is 9.42 Å². The van der Waals surface area contributed by atoms with E-state index in [1.807, 2.05) is 84.0 Å². The minimum Gasteiger partial charge on any atom is -0.507 e. The van der Waals surface area contributed by atoms with E-state index in [-0.39, 0.29) is 16.6 Å². The van der Waals surface area contributed by atoms with Crippen molar-refractivity contribution in [2.75, 3.05) is 6.61 Å². The number of aromatic hydroxyl groups is 1. The summed E-state index contributed by atoms with van der Waals surface area (Å²) < 4.78 is 15.6. The Kier molecular flexibility index (Phi) is 7.46. The number of carbonyl (C=O) groups is 1. The molecule has 0 bridgehead atoms. The molecule has 5 nitrogen and oxygen atoms in total. The van der Waals surface area contributed by atoms with E-state index in [1.165, 1.54) is 0 Å². The van der Waals surface area contributed by atoms with Gasteiger partial charge in [-0.2, -0.15) is 0 Å². The fourth-order valence-corrected chi connectivity index (χ4v) is 3.45. The predicted octanol–water partition coefficient (Wildman–Crippen LogP) is 5.50. The van der Waals surface area contributed by atoms with E-state index in [1.54, 1.807) is 6.08 Å². The summed E-state index contributed by atoms with van der Waals surface area (Å²) >= 11 is 0. The van der Waals surface area contributed by atoms with Crippen molar-refractivity contribution in [3.05, 3.63) is 64.7 Å². The van der Waals surface area contributed by atoms with Gasteiger partial charge in [0.05, 0.1) is 0 Å². The first-order valence-corrected chi connectivity index (χ1v) is 11.1. The Hall–Kier alpha value is -2.20. The lowest BCUT2D eigenvalue weighted by atomic mass is 9.78. The third kappa shape index (κ3) is 6.15. The number of ketones is 1. The molecule has 2 aromatic carbocycles. The van der Waals surface area contributed by atoms with Crippen LogP contribution >= 0.6 is 8.25 Å². The van der Waals surface area contributed by atoms with E-state index in [9.17, 15) is 14.5 Å². The van der Waals surface area contributed by atoms with E-state index in [0.717, 1.165) is 16.7 Å². The van der Waals surface area contributed by atoms with Gasteiger partial charge in [0, 0.05) is 16.7 Å². The molecule has 0 aromatic heterocycles. The summed E-state index contributed by atoms with van der Waals surface area (Å²) in [5.41, 5.74) is 2.81. The highest BCUT2D eigenvalue weighted by Crippen LogP contribution is 2.40. The molecule has 0 aliphatic rings. The summed E-state index contributed by atoms with van der Waals surface area (Å²) in [5, 5.41) is 10.9. The molecule has 6 heteroatoms. The zero-order chi connectivity index (χ0) is 22.7. The minimum absolute atomic E-state index is 0.266. The molecule has 1 unspecified atom stereocenters. The maximum atomic E-state index is 12.8. The standard InChI is InChI=1S/C24H31O5P/c1-23(2,3)19-13-16(14-20(22(19)26)24(4,5)6)12-18(17-10-8-7-9-11-17)21(25)15-29-30(27)28/h7-14,26,30H,15H2,1-6H3,(H,27,28). The van der Waals surface area contributed by atoms with Gasteiger partial charge in [-0.15, -0.1) is 0 Å². The molecule has 2 aromatic rings. The second kappa shape index (κ2) is 9.30. The molecule has 0 saturated carbocycles. The third-order valence-electron chi connectivity index (χ3n) is 4.77. The van der Waals surface area contributed by atoms with Crippen LogP contribution in [0, 0.1) is 0 Å². The number of Topliss-reactive ketones (excluding diaryl/α,β-unsaturated/α-hetero) is 1. The van der Waals surface area contributed by atoms with Crippen molar-refractivity contribution in [1.82, 2.24) is 0 Å².